The van der Waals surface area contributed by atoms with Crippen molar-refractivity contribution in [3.05, 3.63) is 59.4 Å². The van der Waals surface area contributed by atoms with Gasteiger partial charge in [0.05, 0.1) is 11.8 Å². The van der Waals surface area contributed by atoms with Crippen molar-refractivity contribution < 1.29 is 26.4 Å². The molecule has 1 aliphatic heterocycles. The van der Waals surface area contributed by atoms with E-state index in [-0.39, 0.29) is 35.2 Å². The van der Waals surface area contributed by atoms with Crippen molar-refractivity contribution in [1.29, 1.82) is 0 Å². The first kappa shape index (κ1) is 20.9. The summed E-state index contributed by atoms with van der Waals surface area (Å²) in [6.45, 7) is 0.655. The van der Waals surface area contributed by atoms with Crippen molar-refractivity contribution in [3.8, 4) is 11.1 Å². The summed E-state index contributed by atoms with van der Waals surface area (Å²) in [4.78, 5) is 14.4. The van der Waals surface area contributed by atoms with Crippen LogP contribution in [0.25, 0.3) is 11.1 Å². The molecule has 2 aromatic rings. The van der Waals surface area contributed by atoms with Crippen LogP contribution in [0.4, 0.5) is 13.2 Å². The quantitative estimate of drug-likeness (QED) is 0.781. The predicted molar refractivity (Wildman–Crippen MR) is 106 cm³/mol. The highest BCUT2D eigenvalue weighted by molar-refractivity contribution is 7.88. The number of carbonyl (C=O) groups excluding carboxylic acids is 1. The molecule has 5 nitrogen and oxygen atoms in total. The lowest BCUT2D eigenvalue weighted by molar-refractivity contribution is -0.131. The minimum absolute atomic E-state index is 0.115. The summed E-state index contributed by atoms with van der Waals surface area (Å²) >= 11 is 0. The second-order valence-electron chi connectivity index (χ2n) is 7.91. The average Bonchev–Trinajstić information content (AvgIpc) is 3.30. The van der Waals surface area contributed by atoms with E-state index in [4.69, 9.17) is 0 Å². The third-order valence-electron chi connectivity index (χ3n) is 5.64. The smallest absolute Gasteiger partial charge is 0.226 e. The molecule has 0 aromatic heterocycles. The number of halogens is 3. The highest BCUT2D eigenvalue weighted by Gasteiger charge is 2.49. The molecule has 2 fully saturated rings. The fourth-order valence-electron chi connectivity index (χ4n) is 4.27. The monoisotopic (exact) mass is 438 g/mol. The predicted octanol–water partition coefficient (Wildman–Crippen LogP) is 3.02. The van der Waals surface area contributed by atoms with Gasteiger partial charge in [-0.25, -0.2) is 26.3 Å². The largest absolute Gasteiger partial charge is 0.341 e. The van der Waals surface area contributed by atoms with Crippen molar-refractivity contribution >= 4 is 15.9 Å². The molecule has 1 saturated heterocycles. The van der Waals surface area contributed by atoms with Crippen molar-refractivity contribution in [2.75, 3.05) is 19.3 Å². The van der Waals surface area contributed by atoms with E-state index in [1.54, 1.807) is 4.90 Å². The van der Waals surface area contributed by atoms with Gasteiger partial charge in [-0.05, 0) is 48.1 Å². The fraction of sp³-hybridized carbons (Fsp3) is 0.381. The highest BCUT2D eigenvalue weighted by Crippen LogP contribution is 2.52. The zero-order chi connectivity index (χ0) is 21.6. The Kier molecular flexibility index (Phi) is 5.36. The van der Waals surface area contributed by atoms with Crippen LogP contribution in [-0.4, -0.2) is 44.6 Å². The first-order valence-corrected chi connectivity index (χ1v) is 11.5. The number of sulfonamides is 1. The van der Waals surface area contributed by atoms with E-state index >= 15 is 0 Å². The van der Waals surface area contributed by atoms with Crippen LogP contribution in [0.15, 0.2) is 36.4 Å². The standard InChI is InChI=1S/C21H21F3N2O3S/c1-30(28,29)25-12-8-9-26(11-12)21(27)15-10-14(15)19-13(4-2-5-16(19)22)20-17(23)6-3-7-18(20)24/h2-7,12,14-15,25H,8-11H2,1H3/t12-,14-,15-/m0/s1. The summed E-state index contributed by atoms with van der Waals surface area (Å²) < 4.78 is 68.6. The molecule has 1 N–H and O–H groups in total. The third kappa shape index (κ3) is 4.09. The Morgan fingerprint density at radius 2 is 1.70 bits per heavy atom. The number of amides is 1. The van der Waals surface area contributed by atoms with Gasteiger partial charge in [0.1, 0.15) is 17.5 Å². The van der Waals surface area contributed by atoms with Crippen LogP contribution >= 0.6 is 0 Å². The lowest BCUT2D eigenvalue weighted by Gasteiger charge is -2.18. The summed E-state index contributed by atoms with van der Waals surface area (Å²) in [7, 11) is -3.37. The van der Waals surface area contributed by atoms with Gasteiger partial charge < -0.3 is 4.90 Å². The Balaban J connectivity index is 1.56. The van der Waals surface area contributed by atoms with Crippen molar-refractivity contribution in [3.63, 3.8) is 0 Å². The number of carbonyl (C=O) groups is 1. The number of rotatable bonds is 5. The molecule has 0 unspecified atom stereocenters. The van der Waals surface area contributed by atoms with Crippen LogP contribution in [0.2, 0.25) is 0 Å². The maximum Gasteiger partial charge on any atom is 0.226 e. The SMILES string of the molecule is CS(=O)(=O)N[C@H]1CCN(C(=O)[C@H]2C[C@@H]2c2c(F)cccc2-c2c(F)cccc2F)C1. The molecule has 1 saturated carbocycles. The van der Waals surface area contributed by atoms with Gasteiger partial charge in [0, 0.05) is 25.0 Å². The number of nitrogens with one attached hydrogen (secondary N) is 1. The maximum absolute atomic E-state index is 14.7. The van der Waals surface area contributed by atoms with Gasteiger partial charge in [0.2, 0.25) is 15.9 Å². The number of nitrogens with zero attached hydrogens (tertiary/aromatic N) is 1. The molecular weight excluding hydrogens is 417 g/mol. The third-order valence-corrected chi connectivity index (χ3v) is 6.41. The Morgan fingerprint density at radius 1 is 1.07 bits per heavy atom. The molecule has 1 aliphatic carbocycles. The second kappa shape index (κ2) is 7.70. The van der Waals surface area contributed by atoms with Gasteiger partial charge in [-0.15, -0.1) is 0 Å². The Morgan fingerprint density at radius 3 is 2.37 bits per heavy atom. The number of hydrogen-bond donors (Lipinski definition) is 1. The Bertz CT molecular complexity index is 1090. The Hall–Kier alpha value is -2.39. The maximum atomic E-state index is 14.7. The molecule has 1 amide bonds. The molecule has 9 heteroatoms. The first-order valence-electron chi connectivity index (χ1n) is 9.64. The van der Waals surface area contributed by atoms with E-state index in [0.717, 1.165) is 18.4 Å². The number of likely N-dealkylation sites (tertiary alicyclic amines) is 1. The zero-order valence-corrected chi connectivity index (χ0v) is 17.1. The van der Waals surface area contributed by atoms with Crippen molar-refractivity contribution in [1.82, 2.24) is 9.62 Å². The summed E-state index contributed by atoms with van der Waals surface area (Å²) in [5.74, 6) is -3.35. The normalized spacial score (nSPS) is 23.6. The van der Waals surface area contributed by atoms with E-state index in [9.17, 15) is 26.4 Å². The molecule has 2 aliphatic rings. The van der Waals surface area contributed by atoms with Gasteiger partial charge >= 0.3 is 0 Å². The van der Waals surface area contributed by atoms with E-state index in [1.165, 1.54) is 24.3 Å². The number of benzene rings is 2. The minimum Gasteiger partial charge on any atom is -0.341 e. The van der Waals surface area contributed by atoms with Crippen molar-refractivity contribution in [2.24, 2.45) is 5.92 Å². The fourth-order valence-corrected chi connectivity index (χ4v) is 5.07. The molecule has 0 radical (unpaired) electrons. The summed E-state index contributed by atoms with van der Waals surface area (Å²) in [5, 5.41) is 0. The van der Waals surface area contributed by atoms with Crippen LogP contribution in [0.3, 0.4) is 0 Å². The highest BCUT2D eigenvalue weighted by atomic mass is 32.2. The van der Waals surface area contributed by atoms with E-state index < -0.39 is 39.3 Å². The van der Waals surface area contributed by atoms with Gasteiger partial charge in [-0.1, -0.05) is 18.2 Å². The molecule has 160 valence electrons. The molecular formula is C21H21F3N2O3S. The van der Waals surface area contributed by atoms with Crippen LogP contribution in [0, 0.1) is 23.4 Å². The molecule has 2 aromatic carbocycles. The minimum atomic E-state index is -3.37. The topological polar surface area (TPSA) is 66.5 Å². The molecule has 1 heterocycles. The summed E-state index contributed by atoms with van der Waals surface area (Å²) in [6, 6.07) is 7.19. The molecule has 3 atom stereocenters. The Labute approximate surface area is 172 Å². The van der Waals surface area contributed by atoms with Crippen LogP contribution < -0.4 is 4.72 Å². The van der Waals surface area contributed by atoms with Gasteiger partial charge in [0.25, 0.3) is 0 Å². The van der Waals surface area contributed by atoms with Crippen LogP contribution in [0.1, 0.15) is 24.3 Å². The molecule has 30 heavy (non-hydrogen) atoms. The van der Waals surface area contributed by atoms with E-state index in [1.807, 2.05) is 0 Å². The second-order valence-corrected chi connectivity index (χ2v) is 9.69. The average molecular weight is 438 g/mol. The zero-order valence-electron chi connectivity index (χ0n) is 16.2. The van der Waals surface area contributed by atoms with Gasteiger partial charge in [-0.3, -0.25) is 4.79 Å². The lowest BCUT2D eigenvalue weighted by Crippen LogP contribution is -2.38. The van der Waals surface area contributed by atoms with Gasteiger partial charge in [0.15, 0.2) is 0 Å². The molecule has 0 spiro atoms. The lowest BCUT2D eigenvalue weighted by atomic mass is 9.94. The van der Waals surface area contributed by atoms with Gasteiger partial charge in [-0.2, -0.15) is 0 Å². The van der Waals surface area contributed by atoms with Crippen LogP contribution in [-0.2, 0) is 14.8 Å². The number of hydrogen-bond acceptors (Lipinski definition) is 3. The summed E-state index contributed by atoms with van der Waals surface area (Å²) in [5.41, 5.74) is -0.0440. The summed E-state index contributed by atoms with van der Waals surface area (Å²) in [6.07, 6.45) is 1.95. The van der Waals surface area contributed by atoms with E-state index in [0.29, 0.717) is 19.4 Å². The van der Waals surface area contributed by atoms with Crippen LogP contribution in [0.5, 0.6) is 0 Å². The molecule has 0 bridgehead atoms. The van der Waals surface area contributed by atoms with Crippen molar-refractivity contribution in [2.45, 2.75) is 24.8 Å². The molecule has 4 rings (SSSR count). The van der Waals surface area contributed by atoms with E-state index in [2.05, 4.69) is 4.72 Å². The first-order chi connectivity index (χ1) is 14.2.